The SMILES string of the molecule is COC(C)(C)[C](C)C. The summed E-state index contributed by atoms with van der Waals surface area (Å²) in [6, 6.07) is 0. The summed E-state index contributed by atoms with van der Waals surface area (Å²) in [5, 5.41) is 0. The van der Waals surface area contributed by atoms with Crippen LogP contribution in [0.1, 0.15) is 27.7 Å². The molecule has 0 saturated heterocycles. The molecule has 49 valence electrons. The third kappa shape index (κ3) is 1.83. The van der Waals surface area contributed by atoms with Crippen LogP contribution in [0.4, 0.5) is 0 Å². The number of methoxy groups -OCH3 is 1. The maximum Gasteiger partial charge on any atom is 0.0679 e. The Hall–Kier alpha value is -0.0400. The molecule has 0 aromatic heterocycles. The smallest absolute Gasteiger partial charge is 0.0679 e. The zero-order valence-electron chi connectivity index (χ0n) is 6.41. The molecule has 0 fully saturated rings. The fourth-order valence-corrected chi connectivity index (χ4v) is 0.204. The van der Waals surface area contributed by atoms with Crippen LogP contribution in [0.3, 0.4) is 0 Å². The number of hydrogen-bond acceptors (Lipinski definition) is 1. The van der Waals surface area contributed by atoms with E-state index in [1.165, 1.54) is 5.92 Å². The Balaban J connectivity index is 3.71. The van der Waals surface area contributed by atoms with Gasteiger partial charge in [0.25, 0.3) is 0 Å². The highest BCUT2D eigenvalue weighted by Crippen LogP contribution is 2.20. The Morgan fingerprint density at radius 2 is 1.62 bits per heavy atom. The van der Waals surface area contributed by atoms with Crippen molar-refractivity contribution in [3.63, 3.8) is 0 Å². The largest absolute Gasteiger partial charge is 0.378 e. The lowest BCUT2D eigenvalue weighted by Crippen LogP contribution is -2.27. The van der Waals surface area contributed by atoms with Crippen molar-refractivity contribution in [2.45, 2.75) is 33.3 Å². The first-order valence-electron chi connectivity index (χ1n) is 2.86. The number of hydrogen-bond donors (Lipinski definition) is 0. The summed E-state index contributed by atoms with van der Waals surface area (Å²) in [4.78, 5) is 0. The molecule has 0 aromatic carbocycles. The van der Waals surface area contributed by atoms with Crippen molar-refractivity contribution in [3.8, 4) is 0 Å². The Kier molecular flexibility index (Phi) is 2.48. The molecule has 0 N–H and O–H groups in total. The van der Waals surface area contributed by atoms with Crippen molar-refractivity contribution < 1.29 is 4.74 Å². The second kappa shape index (κ2) is 2.49. The van der Waals surface area contributed by atoms with E-state index in [1.807, 2.05) is 0 Å². The van der Waals surface area contributed by atoms with Crippen LogP contribution in [0.15, 0.2) is 0 Å². The molecule has 0 bridgehead atoms. The zero-order valence-corrected chi connectivity index (χ0v) is 6.41. The van der Waals surface area contributed by atoms with Crippen LogP contribution in [0.25, 0.3) is 0 Å². The maximum atomic E-state index is 5.16. The lowest BCUT2D eigenvalue weighted by atomic mass is 9.95. The summed E-state index contributed by atoms with van der Waals surface area (Å²) in [7, 11) is 1.73. The molecule has 0 aliphatic carbocycles. The zero-order chi connectivity index (χ0) is 6.78. The molecule has 1 heteroatoms. The quantitative estimate of drug-likeness (QED) is 0.535. The minimum absolute atomic E-state index is 0.0417. The number of rotatable bonds is 2. The van der Waals surface area contributed by atoms with E-state index in [-0.39, 0.29) is 5.60 Å². The van der Waals surface area contributed by atoms with Crippen molar-refractivity contribution in [2.75, 3.05) is 7.11 Å². The van der Waals surface area contributed by atoms with Gasteiger partial charge in [-0.1, -0.05) is 13.8 Å². The van der Waals surface area contributed by atoms with Crippen LogP contribution in [0.5, 0.6) is 0 Å². The van der Waals surface area contributed by atoms with Gasteiger partial charge in [-0.25, -0.2) is 0 Å². The topological polar surface area (TPSA) is 9.23 Å². The predicted octanol–water partition coefficient (Wildman–Crippen LogP) is 2.03. The molecule has 0 rings (SSSR count). The minimum Gasteiger partial charge on any atom is -0.378 e. The van der Waals surface area contributed by atoms with Crippen LogP contribution >= 0.6 is 0 Å². The van der Waals surface area contributed by atoms with Crippen molar-refractivity contribution in [1.29, 1.82) is 0 Å². The molecule has 0 amide bonds. The summed E-state index contributed by atoms with van der Waals surface area (Å²) in [5.74, 6) is 1.31. The first-order chi connectivity index (χ1) is 3.50. The molecule has 0 aliphatic rings. The van der Waals surface area contributed by atoms with Gasteiger partial charge in [-0.2, -0.15) is 0 Å². The Morgan fingerprint density at radius 1 is 1.25 bits per heavy atom. The first-order valence-corrected chi connectivity index (χ1v) is 2.86. The monoisotopic (exact) mass is 115 g/mol. The molecular weight excluding hydrogens is 100 g/mol. The van der Waals surface area contributed by atoms with E-state index < -0.39 is 0 Å². The first kappa shape index (κ1) is 7.96. The Morgan fingerprint density at radius 3 is 1.62 bits per heavy atom. The van der Waals surface area contributed by atoms with E-state index in [4.69, 9.17) is 4.74 Å². The van der Waals surface area contributed by atoms with Gasteiger partial charge >= 0.3 is 0 Å². The highest BCUT2D eigenvalue weighted by molar-refractivity contribution is 4.96. The van der Waals surface area contributed by atoms with Gasteiger partial charge in [0, 0.05) is 13.0 Å². The summed E-state index contributed by atoms with van der Waals surface area (Å²) in [6.07, 6.45) is 0. The van der Waals surface area contributed by atoms with Crippen LogP contribution in [-0.2, 0) is 4.74 Å². The highest BCUT2D eigenvalue weighted by Gasteiger charge is 2.20. The Bertz CT molecular complexity index is 64.8. The summed E-state index contributed by atoms with van der Waals surface area (Å²) in [6.45, 7) is 8.26. The third-order valence-corrected chi connectivity index (χ3v) is 1.71. The molecule has 0 atom stereocenters. The summed E-state index contributed by atoms with van der Waals surface area (Å²) < 4.78 is 5.16. The van der Waals surface area contributed by atoms with E-state index in [0.717, 1.165) is 0 Å². The second-order valence-corrected chi connectivity index (χ2v) is 2.71. The molecular formula is C7H15O. The molecule has 8 heavy (non-hydrogen) atoms. The van der Waals surface area contributed by atoms with Crippen LogP contribution in [0.2, 0.25) is 0 Å². The lowest BCUT2D eigenvalue weighted by molar-refractivity contribution is 0.0366. The van der Waals surface area contributed by atoms with Gasteiger partial charge in [-0.15, -0.1) is 0 Å². The fourth-order valence-electron chi connectivity index (χ4n) is 0.204. The average molecular weight is 115 g/mol. The third-order valence-electron chi connectivity index (χ3n) is 1.71. The van der Waals surface area contributed by atoms with Crippen LogP contribution < -0.4 is 0 Å². The van der Waals surface area contributed by atoms with Gasteiger partial charge < -0.3 is 4.74 Å². The molecule has 0 heterocycles. The van der Waals surface area contributed by atoms with E-state index in [0.29, 0.717) is 0 Å². The van der Waals surface area contributed by atoms with Gasteiger partial charge in [-0.3, -0.25) is 0 Å². The van der Waals surface area contributed by atoms with Gasteiger partial charge in [0.15, 0.2) is 0 Å². The molecule has 0 saturated carbocycles. The summed E-state index contributed by atoms with van der Waals surface area (Å²) >= 11 is 0. The van der Waals surface area contributed by atoms with E-state index in [2.05, 4.69) is 27.7 Å². The van der Waals surface area contributed by atoms with Crippen molar-refractivity contribution in [1.82, 2.24) is 0 Å². The molecule has 1 nitrogen and oxygen atoms in total. The highest BCUT2D eigenvalue weighted by atomic mass is 16.5. The van der Waals surface area contributed by atoms with Gasteiger partial charge in [0.1, 0.15) is 0 Å². The molecule has 0 unspecified atom stereocenters. The van der Waals surface area contributed by atoms with Crippen molar-refractivity contribution in [3.05, 3.63) is 5.92 Å². The number of ether oxygens (including phenoxy) is 1. The minimum atomic E-state index is -0.0417. The standard InChI is InChI=1S/C7H15O/c1-6(2)7(3,4)8-5/h1-5H3. The summed E-state index contributed by atoms with van der Waals surface area (Å²) in [5.41, 5.74) is -0.0417. The molecule has 0 aliphatic heterocycles. The fraction of sp³-hybridized carbons (Fsp3) is 0.857. The maximum absolute atomic E-state index is 5.16. The molecule has 0 spiro atoms. The average Bonchev–Trinajstić information content (AvgIpc) is 1.67. The van der Waals surface area contributed by atoms with E-state index >= 15 is 0 Å². The van der Waals surface area contributed by atoms with Crippen molar-refractivity contribution in [2.24, 2.45) is 0 Å². The molecule has 0 aromatic rings. The Labute approximate surface area is 52.0 Å². The van der Waals surface area contributed by atoms with Gasteiger partial charge in [0.05, 0.1) is 5.60 Å². The van der Waals surface area contributed by atoms with Crippen LogP contribution in [0, 0.1) is 5.92 Å². The predicted molar refractivity (Wildman–Crippen MR) is 35.7 cm³/mol. The van der Waals surface area contributed by atoms with Gasteiger partial charge in [-0.05, 0) is 13.8 Å². The second-order valence-electron chi connectivity index (χ2n) is 2.71. The van der Waals surface area contributed by atoms with Crippen molar-refractivity contribution >= 4 is 0 Å². The normalized spacial score (nSPS) is 12.8. The van der Waals surface area contributed by atoms with E-state index in [9.17, 15) is 0 Å². The molecule has 1 radical (unpaired) electrons. The van der Waals surface area contributed by atoms with Gasteiger partial charge in [0.2, 0.25) is 0 Å². The lowest BCUT2D eigenvalue weighted by Gasteiger charge is -2.26. The van der Waals surface area contributed by atoms with E-state index in [1.54, 1.807) is 7.11 Å². The van der Waals surface area contributed by atoms with Crippen LogP contribution in [-0.4, -0.2) is 12.7 Å².